The van der Waals surface area contributed by atoms with Crippen LogP contribution in [-0.4, -0.2) is 40.1 Å². The molecule has 10 heteroatoms. The summed E-state index contributed by atoms with van der Waals surface area (Å²) in [7, 11) is 0. The molecular weight excluding hydrogens is 543 g/mol. The van der Waals surface area contributed by atoms with Gasteiger partial charge >= 0.3 is 6.03 Å². The van der Waals surface area contributed by atoms with Gasteiger partial charge in [0.1, 0.15) is 22.8 Å². The lowest BCUT2D eigenvalue weighted by Crippen LogP contribution is -2.30. The number of nitrogens with zero attached hydrogens (tertiary/aromatic N) is 3. The van der Waals surface area contributed by atoms with Crippen LogP contribution in [0.3, 0.4) is 0 Å². The van der Waals surface area contributed by atoms with Crippen molar-refractivity contribution in [1.82, 2.24) is 14.5 Å². The van der Waals surface area contributed by atoms with Crippen LogP contribution in [0.5, 0.6) is 0 Å². The van der Waals surface area contributed by atoms with Crippen molar-refractivity contribution in [2.24, 2.45) is 0 Å². The molecule has 0 spiro atoms. The van der Waals surface area contributed by atoms with Crippen molar-refractivity contribution in [2.45, 2.75) is 40.2 Å². The highest BCUT2D eigenvalue weighted by molar-refractivity contribution is 6.07. The van der Waals surface area contributed by atoms with Crippen molar-refractivity contribution < 1.29 is 18.0 Å². The Morgan fingerprint density at radius 3 is 2.38 bits per heavy atom. The number of benzene rings is 2. The molecule has 0 fully saturated rings. The molecule has 4 aromatic rings. The first-order chi connectivity index (χ1) is 20.3. The molecule has 0 bridgehead atoms. The number of urea groups is 1. The number of aromatic nitrogens is 2. The highest BCUT2D eigenvalue weighted by Crippen LogP contribution is 2.33. The van der Waals surface area contributed by atoms with Gasteiger partial charge in [0, 0.05) is 41.4 Å². The SMILES string of the molecule is CCCCn1c(=O)c(NC(=O)Nc2c(F)cc(F)cc2F)c(-c2cccc(C#CCN(CC)CC)c2)c2cccnc21. The summed E-state index contributed by atoms with van der Waals surface area (Å²) in [6.45, 7) is 8.82. The fourth-order valence-electron chi connectivity index (χ4n) is 4.59. The van der Waals surface area contributed by atoms with Gasteiger partial charge in [-0.05, 0) is 49.3 Å². The summed E-state index contributed by atoms with van der Waals surface area (Å²) in [5.41, 5.74) is 0.659. The molecule has 0 saturated carbocycles. The van der Waals surface area contributed by atoms with Gasteiger partial charge in [0.05, 0.1) is 6.54 Å². The van der Waals surface area contributed by atoms with Gasteiger partial charge in [-0.2, -0.15) is 0 Å². The standard InChI is InChI=1S/C32H32F3N5O2/c1-4-7-17-40-30-24(14-9-15-36-30)27(22-13-8-11-21(18-22)12-10-16-39(5-2)6-3)29(31(40)41)38-32(42)37-28-25(34)19-23(33)20-26(28)35/h8-9,11,13-15,18-20H,4-7,16-17H2,1-3H3,(H2,37,38,42). The van der Waals surface area contributed by atoms with Crippen LogP contribution in [0.1, 0.15) is 39.2 Å². The molecule has 42 heavy (non-hydrogen) atoms. The van der Waals surface area contributed by atoms with E-state index in [0.29, 0.717) is 59.4 Å². The molecule has 2 aromatic carbocycles. The first kappa shape index (κ1) is 30.3. The van der Waals surface area contributed by atoms with Gasteiger partial charge < -0.3 is 10.6 Å². The summed E-state index contributed by atoms with van der Waals surface area (Å²) in [5.74, 6) is 2.63. The number of anilines is 2. The van der Waals surface area contributed by atoms with Gasteiger partial charge in [0.25, 0.3) is 5.56 Å². The van der Waals surface area contributed by atoms with Gasteiger partial charge in [0.15, 0.2) is 11.6 Å². The maximum Gasteiger partial charge on any atom is 0.324 e. The zero-order chi connectivity index (χ0) is 30.2. The molecule has 4 rings (SSSR count). The van der Waals surface area contributed by atoms with Gasteiger partial charge in [0.2, 0.25) is 0 Å². The van der Waals surface area contributed by atoms with E-state index in [0.717, 1.165) is 19.5 Å². The number of aryl methyl sites for hydroxylation is 1. The molecule has 2 N–H and O–H groups in total. The number of halogens is 3. The molecular formula is C32H32F3N5O2. The molecule has 2 aromatic heterocycles. The molecule has 0 aliphatic heterocycles. The minimum atomic E-state index is -1.29. The second-order valence-corrected chi connectivity index (χ2v) is 9.60. The fraction of sp³-hybridized carbons (Fsp3) is 0.281. The summed E-state index contributed by atoms with van der Waals surface area (Å²) >= 11 is 0. The third-order valence-electron chi connectivity index (χ3n) is 6.82. The van der Waals surface area contributed by atoms with Crippen LogP contribution < -0.4 is 16.2 Å². The lowest BCUT2D eigenvalue weighted by molar-refractivity contribution is 0.262. The van der Waals surface area contributed by atoms with E-state index in [-0.39, 0.29) is 5.69 Å². The minimum absolute atomic E-state index is 0.0970. The highest BCUT2D eigenvalue weighted by Gasteiger charge is 2.22. The number of fused-ring (bicyclic) bond motifs is 1. The molecule has 218 valence electrons. The molecule has 2 heterocycles. The number of carbonyl (C=O) groups is 1. The third-order valence-corrected chi connectivity index (χ3v) is 6.82. The van der Waals surface area contributed by atoms with Gasteiger partial charge in [-0.3, -0.25) is 14.3 Å². The van der Waals surface area contributed by atoms with E-state index in [1.54, 1.807) is 30.5 Å². The van der Waals surface area contributed by atoms with Crippen molar-refractivity contribution in [2.75, 3.05) is 30.3 Å². The molecule has 2 amide bonds. The quantitative estimate of drug-likeness (QED) is 0.220. The molecule has 0 atom stereocenters. The van der Waals surface area contributed by atoms with E-state index in [1.807, 2.05) is 19.1 Å². The predicted molar refractivity (Wildman–Crippen MR) is 160 cm³/mol. The van der Waals surface area contributed by atoms with E-state index in [4.69, 9.17) is 0 Å². The van der Waals surface area contributed by atoms with Crippen LogP contribution >= 0.6 is 0 Å². The van der Waals surface area contributed by atoms with Crippen LogP contribution in [0.25, 0.3) is 22.2 Å². The van der Waals surface area contributed by atoms with Crippen LogP contribution in [0.2, 0.25) is 0 Å². The minimum Gasteiger partial charge on any atom is -0.303 e. The van der Waals surface area contributed by atoms with E-state index in [9.17, 15) is 22.8 Å². The van der Waals surface area contributed by atoms with E-state index < -0.39 is 34.7 Å². The number of unbranched alkanes of at least 4 members (excludes halogenated alkanes) is 1. The van der Waals surface area contributed by atoms with Crippen molar-refractivity contribution >= 4 is 28.4 Å². The second kappa shape index (κ2) is 13.8. The van der Waals surface area contributed by atoms with E-state index >= 15 is 0 Å². The molecule has 0 aliphatic carbocycles. The van der Waals surface area contributed by atoms with Gasteiger partial charge in [-0.25, -0.2) is 22.9 Å². The number of nitrogens with one attached hydrogen (secondary N) is 2. The normalized spacial score (nSPS) is 10.9. The average Bonchev–Trinajstić information content (AvgIpc) is 2.97. The fourth-order valence-corrected chi connectivity index (χ4v) is 4.59. The number of rotatable bonds is 9. The zero-order valence-corrected chi connectivity index (χ0v) is 23.7. The largest absolute Gasteiger partial charge is 0.324 e. The maximum absolute atomic E-state index is 14.3. The molecule has 0 aliphatic rings. The Morgan fingerprint density at radius 2 is 1.69 bits per heavy atom. The Labute approximate surface area is 242 Å². The van der Waals surface area contributed by atoms with E-state index in [2.05, 4.69) is 46.2 Å². The van der Waals surface area contributed by atoms with Crippen molar-refractivity contribution in [3.8, 4) is 23.0 Å². The number of hydrogen-bond acceptors (Lipinski definition) is 4. The summed E-state index contributed by atoms with van der Waals surface area (Å²) in [6, 6.07) is 10.6. The maximum atomic E-state index is 14.3. The van der Waals surface area contributed by atoms with Crippen molar-refractivity contribution in [3.63, 3.8) is 0 Å². The Kier molecular flexibility index (Phi) is 9.99. The summed E-state index contributed by atoms with van der Waals surface area (Å²) in [5, 5.41) is 5.18. The summed E-state index contributed by atoms with van der Waals surface area (Å²) in [4.78, 5) is 33.6. The monoisotopic (exact) mass is 575 g/mol. The first-order valence-corrected chi connectivity index (χ1v) is 13.8. The lowest BCUT2D eigenvalue weighted by atomic mass is 9.98. The summed E-state index contributed by atoms with van der Waals surface area (Å²) < 4.78 is 43.4. The highest BCUT2D eigenvalue weighted by atomic mass is 19.1. The molecule has 0 radical (unpaired) electrons. The van der Waals surface area contributed by atoms with Crippen LogP contribution in [0.4, 0.5) is 29.3 Å². The van der Waals surface area contributed by atoms with Crippen LogP contribution in [-0.2, 0) is 6.54 Å². The van der Waals surface area contributed by atoms with Gasteiger partial charge in [-0.1, -0.05) is 51.2 Å². The third kappa shape index (κ3) is 6.81. The molecule has 0 unspecified atom stereocenters. The number of hydrogen-bond donors (Lipinski definition) is 2. The van der Waals surface area contributed by atoms with Crippen molar-refractivity contribution in [3.05, 3.63) is 88.1 Å². The van der Waals surface area contributed by atoms with Gasteiger partial charge in [-0.15, -0.1) is 0 Å². The second-order valence-electron chi connectivity index (χ2n) is 9.60. The summed E-state index contributed by atoms with van der Waals surface area (Å²) in [6.07, 6.45) is 3.08. The number of carbonyl (C=O) groups excluding carboxylic acids is 1. The number of amides is 2. The van der Waals surface area contributed by atoms with Crippen molar-refractivity contribution in [1.29, 1.82) is 0 Å². The predicted octanol–water partition coefficient (Wildman–Crippen LogP) is 6.62. The Hall–Kier alpha value is -4.62. The zero-order valence-electron chi connectivity index (χ0n) is 23.7. The van der Waals surface area contributed by atoms with Crippen LogP contribution in [0.15, 0.2) is 59.5 Å². The molecule has 0 saturated heterocycles. The smallest absolute Gasteiger partial charge is 0.303 e. The number of pyridine rings is 2. The first-order valence-electron chi connectivity index (χ1n) is 13.8. The van der Waals surface area contributed by atoms with Crippen LogP contribution in [0, 0.1) is 29.3 Å². The molecule has 7 nitrogen and oxygen atoms in total. The Bertz CT molecular complexity index is 1700. The Morgan fingerprint density at radius 1 is 0.976 bits per heavy atom. The average molecular weight is 576 g/mol. The Balaban J connectivity index is 1.85. The van der Waals surface area contributed by atoms with E-state index in [1.165, 1.54) is 4.57 Å². The lowest BCUT2D eigenvalue weighted by Gasteiger charge is -2.18. The topological polar surface area (TPSA) is 79.3 Å².